The maximum atomic E-state index is 12.2. The van der Waals surface area contributed by atoms with Gasteiger partial charge in [0.05, 0.1) is 5.69 Å². The quantitative estimate of drug-likeness (QED) is 0.866. The number of nitrogens with one attached hydrogen (secondary N) is 1. The van der Waals surface area contributed by atoms with Crippen molar-refractivity contribution in [3.63, 3.8) is 0 Å². The summed E-state index contributed by atoms with van der Waals surface area (Å²) in [6, 6.07) is 13.2. The van der Waals surface area contributed by atoms with Gasteiger partial charge in [0, 0.05) is 24.2 Å². The smallest absolute Gasteiger partial charge is 0.267 e. The van der Waals surface area contributed by atoms with Gasteiger partial charge in [-0.3, -0.25) is 14.5 Å². The molecule has 6 heteroatoms. The molecule has 1 unspecified atom stereocenters. The standard InChI is InChI=1S/C19H24N4O2/c1-2-22-12-6-9-16(22)13-20-18(24)14-23-19(25)11-10-17(21-23)15-7-4-3-5-8-15/h3-5,7-8,10-11,16H,2,6,9,12-14H2,1H3,(H,20,24). The molecule has 1 aliphatic rings. The summed E-state index contributed by atoms with van der Waals surface area (Å²) in [6.07, 6.45) is 2.28. The largest absolute Gasteiger partial charge is 0.353 e. The molecule has 1 atom stereocenters. The van der Waals surface area contributed by atoms with E-state index in [1.54, 1.807) is 6.07 Å². The summed E-state index contributed by atoms with van der Waals surface area (Å²) in [5.74, 6) is -0.178. The van der Waals surface area contributed by atoms with Crippen molar-refractivity contribution < 1.29 is 4.79 Å². The van der Waals surface area contributed by atoms with E-state index < -0.39 is 0 Å². The summed E-state index contributed by atoms with van der Waals surface area (Å²) in [5.41, 5.74) is 1.33. The molecule has 1 aliphatic heterocycles. The van der Waals surface area contributed by atoms with Gasteiger partial charge in [-0.2, -0.15) is 5.10 Å². The Morgan fingerprint density at radius 2 is 2.04 bits per heavy atom. The van der Waals surface area contributed by atoms with E-state index in [2.05, 4.69) is 22.2 Å². The predicted molar refractivity (Wildman–Crippen MR) is 97.2 cm³/mol. The van der Waals surface area contributed by atoms with Crippen molar-refractivity contribution in [1.29, 1.82) is 0 Å². The number of carbonyl (C=O) groups excluding carboxylic acids is 1. The zero-order chi connectivity index (χ0) is 17.6. The summed E-state index contributed by atoms with van der Waals surface area (Å²) in [6.45, 7) is 4.80. The third kappa shape index (κ3) is 4.33. The molecule has 2 heterocycles. The lowest BCUT2D eigenvalue weighted by Gasteiger charge is -2.22. The monoisotopic (exact) mass is 340 g/mol. The number of likely N-dealkylation sites (N-methyl/N-ethyl adjacent to an activating group) is 1. The molecule has 1 aromatic heterocycles. The van der Waals surface area contributed by atoms with Crippen molar-refractivity contribution in [3.8, 4) is 11.3 Å². The minimum absolute atomic E-state index is 0.0572. The number of nitrogens with zero attached hydrogens (tertiary/aromatic N) is 3. The first-order chi connectivity index (χ1) is 12.2. The fourth-order valence-electron chi connectivity index (χ4n) is 3.29. The molecule has 3 rings (SSSR count). The van der Waals surface area contributed by atoms with Crippen molar-refractivity contribution in [2.75, 3.05) is 19.6 Å². The molecule has 25 heavy (non-hydrogen) atoms. The fourth-order valence-corrected chi connectivity index (χ4v) is 3.29. The van der Waals surface area contributed by atoms with Crippen LogP contribution >= 0.6 is 0 Å². The van der Waals surface area contributed by atoms with E-state index in [9.17, 15) is 9.59 Å². The van der Waals surface area contributed by atoms with Crippen molar-refractivity contribution in [2.45, 2.75) is 32.4 Å². The van der Waals surface area contributed by atoms with E-state index in [1.807, 2.05) is 30.3 Å². The first-order valence-electron chi connectivity index (χ1n) is 8.81. The number of benzene rings is 1. The van der Waals surface area contributed by atoms with Gasteiger partial charge >= 0.3 is 0 Å². The first-order valence-corrected chi connectivity index (χ1v) is 8.81. The molecule has 1 fully saturated rings. The Morgan fingerprint density at radius 1 is 1.24 bits per heavy atom. The number of rotatable bonds is 6. The second kappa shape index (κ2) is 8.07. The predicted octanol–water partition coefficient (Wildman–Crippen LogP) is 1.51. The first kappa shape index (κ1) is 17.4. The van der Waals surface area contributed by atoms with Gasteiger partial charge in [0.15, 0.2) is 0 Å². The van der Waals surface area contributed by atoms with Crippen LogP contribution in [-0.4, -0.2) is 46.3 Å². The highest BCUT2D eigenvalue weighted by molar-refractivity contribution is 5.75. The number of hydrogen-bond donors (Lipinski definition) is 1. The maximum Gasteiger partial charge on any atom is 0.267 e. The van der Waals surface area contributed by atoms with Crippen molar-refractivity contribution in [2.24, 2.45) is 0 Å². The second-order valence-electron chi connectivity index (χ2n) is 6.31. The third-order valence-electron chi connectivity index (χ3n) is 4.67. The summed E-state index contributed by atoms with van der Waals surface area (Å²) in [4.78, 5) is 26.6. The molecular formula is C19H24N4O2. The minimum Gasteiger partial charge on any atom is -0.353 e. The normalized spacial score (nSPS) is 17.6. The molecule has 1 N–H and O–H groups in total. The highest BCUT2D eigenvalue weighted by Gasteiger charge is 2.23. The maximum absolute atomic E-state index is 12.2. The average Bonchev–Trinajstić information content (AvgIpc) is 3.10. The zero-order valence-electron chi connectivity index (χ0n) is 14.5. The molecule has 132 valence electrons. The molecule has 6 nitrogen and oxygen atoms in total. The highest BCUT2D eigenvalue weighted by atomic mass is 16.2. The van der Waals surface area contributed by atoms with E-state index in [4.69, 9.17) is 0 Å². The molecule has 0 radical (unpaired) electrons. The molecule has 0 saturated carbocycles. The van der Waals surface area contributed by atoms with Gasteiger partial charge in [-0.15, -0.1) is 0 Å². The highest BCUT2D eigenvalue weighted by Crippen LogP contribution is 2.16. The topological polar surface area (TPSA) is 67.2 Å². The summed E-state index contributed by atoms with van der Waals surface area (Å²) < 4.78 is 1.23. The lowest BCUT2D eigenvalue weighted by atomic mass is 10.1. The van der Waals surface area contributed by atoms with Crippen LogP contribution in [0.2, 0.25) is 0 Å². The van der Waals surface area contributed by atoms with Crippen molar-refractivity contribution in [3.05, 3.63) is 52.8 Å². The Balaban J connectivity index is 1.64. The van der Waals surface area contributed by atoms with E-state index >= 15 is 0 Å². The molecular weight excluding hydrogens is 316 g/mol. The molecule has 1 saturated heterocycles. The molecule has 1 amide bonds. The van der Waals surface area contributed by atoms with Crippen molar-refractivity contribution >= 4 is 5.91 Å². The Hall–Kier alpha value is -2.47. The van der Waals surface area contributed by atoms with Crippen LogP contribution in [0.15, 0.2) is 47.3 Å². The molecule has 0 spiro atoms. The van der Waals surface area contributed by atoms with Gasteiger partial charge in [0.1, 0.15) is 6.54 Å². The number of amides is 1. The van der Waals surface area contributed by atoms with Crippen LogP contribution in [0.1, 0.15) is 19.8 Å². The zero-order valence-corrected chi connectivity index (χ0v) is 14.5. The van der Waals surface area contributed by atoms with E-state index in [0.29, 0.717) is 18.3 Å². The number of aromatic nitrogens is 2. The van der Waals surface area contributed by atoms with Crippen LogP contribution in [0, 0.1) is 0 Å². The van der Waals surface area contributed by atoms with Crippen LogP contribution in [-0.2, 0) is 11.3 Å². The van der Waals surface area contributed by atoms with Gasteiger partial charge in [-0.25, -0.2) is 4.68 Å². The van der Waals surface area contributed by atoms with Gasteiger partial charge in [0.25, 0.3) is 5.56 Å². The summed E-state index contributed by atoms with van der Waals surface area (Å²) in [7, 11) is 0. The van der Waals surface area contributed by atoms with Crippen LogP contribution in [0.25, 0.3) is 11.3 Å². The average molecular weight is 340 g/mol. The fraction of sp³-hybridized carbons (Fsp3) is 0.421. The van der Waals surface area contributed by atoms with Crippen LogP contribution < -0.4 is 10.9 Å². The summed E-state index contributed by atoms with van der Waals surface area (Å²) >= 11 is 0. The SMILES string of the molecule is CCN1CCCC1CNC(=O)Cn1nc(-c2ccccc2)ccc1=O. The number of carbonyl (C=O) groups is 1. The van der Waals surface area contributed by atoms with E-state index in [0.717, 1.165) is 25.1 Å². The molecule has 1 aromatic carbocycles. The van der Waals surface area contributed by atoms with Gasteiger partial charge in [-0.05, 0) is 32.0 Å². The summed E-state index contributed by atoms with van der Waals surface area (Å²) in [5, 5.41) is 7.27. The van der Waals surface area contributed by atoms with Gasteiger partial charge < -0.3 is 5.32 Å². The Morgan fingerprint density at radius 3 is 2.80 bits per heavy atom. The lowest BCUT2D eigenvalue weighted by Crippen LogP contribution is -2.42. The molecule has 2 aromatic rings. The minimum atomic E-state index is -0.272. The van der Waals surface area contributed by atoms with E-state index in [1.165, 1.54) is 17.2 Å². The van der Waals surface area contributed by atoms with Crippen molar-refractivity contribution in [1.82, 2.24) is 20.0 Å². The number of likely N-dealkylation sites (tertiary alicyclic amines) is 1. The van der Waals surface area contributed by atoms with Crippen LogP contribution in [0.3, 0.4) is 0 Å². The third-order valence-corrected chi connectivity index (χ3v) is 4.67. The Kier molecular flexibility index (Phi) is 5.60. The Labute approximate surface area is 147 Å². The number of hydrogen-bond acceptors (Lipinski definition) is 4. The molecule has 0 aliphatic carbocycles. The van der Waals surface area contributed by atoms with Crippen LogP contribution in [0.5, 0.6) is 0 Å². The second-order valence-corrected chi connectivity index (χ2v) is 6.31. The van der Waals surface area contributed by atoms with Crippen LogP contribution in [0.4, 0.5) is 0 Å². The van der Waals surface area contributed by atoms with E-state index in [-0.39, 0.29) is 18.0 Å². The lowest BCUT2D eigenvalue weighted by molar-refractivity contribution is -0.122. The van der Waals surface area contributed by atoms with Gasteiger partial charge in [0.2, 0.25) is 5.91 Å². The molecule has 0 bridgehead atoms. The Bertz CT molecular complexity index is 772. The van der Waals surface area contributed by atoms with Gasteiger partial charge in [-0.1, -0.05) is 37.3 Å².